The molecule has 3 fully saturated rings. The summed E-state index contributed by atoms with van der Waals surface area (Å²) in [5.41, 5.74) is 6.26. The Kier molecular flexibility index (Phi) is 5.43. The number of hydrogen-bond acceptors (Lipinski definition) is 4. The monoisotopic (exact) mass is 385 g/mol. The molecule has 1 aromatic carbocycles. The van der Waals surface area contributed by atoms with Crippen LogP contribution in [0.2, 0.25) is 0 Å². The van der Waals surface area contributed by atoms with Crippen LogP contribution in [0.4, 0.5) is 0 Å². The van der Waals surface area contributed by atoms with Crippen LogP contribution in [0.5, 0.6) is 0 Å². The normalized spacial score (nSPS) is 33.9. The molecule has 1 aromatic rings. The lowest BCUT2D eigenvalue weighted by atomic mass is 9.70. The summed E-state index contributed by atoms with van der Waals surface area (Å²) in [6, 6.07) is 10.3. The Morgan fingerprint density at radius 1 is 1.04 bits per heavy atom. The largest absolute Gasteiger partial charge is 0.392 e. The SMILES string of the molecule is NC(=O)C1(N2CC[C@@H](O)C2)CCCCC1C(=O)N1CC[C@H](c2ccccc2)C1. The first-order valence-electron chi connectivity index (χ1n) is 10.6. The summed E-state index contributed by atoms with van der Waals surface area (Å²) in [7, 11) is 0. The van der Waals surface area contributed by atoms with Crippen molar-refractivity contribution in [1.29, 1.82) is 0 Å². The Hall–Kier alpha value is -1.92. The number of carbonyl (C=O) groups is 2. The van der Waals surface area contributed by atoms with Crippen molar-refractivity contribution in [3.63, 3.8) is 0 Å². The van der Waals surface area contributed by atoms with E-state index in [1.807, 2.05) is 28.0 Å². The fourth-order valence-electron chi connectivity index (χ4n) is 5.60. The summed E-state index contributed by atoms with van der Waals surface area (Å²) in [5.74, 6) is -0.388. The third-order valence-corrected chi connectivity index (χ3v) is 7.10. The molecule has 4 atom stereocenters. The van der Waals surface area contributed by atoms with E-state index in [1.165, 1.54) is 5.56 Å². The predicted octanol–water partition coefficient (Wildman–Crippen LogP) is 1.48. The maximum absolute atomic E-state index is 13.6. The van der Waals surface area contributed by atoms with Gasteiger partial charge in [-0.15, -0.1) is 0 Å². The number of hydrogen-bond donors (Lipinski definition) is 2. The van der Waals surface area contributed by atoms with Crippen molar-refractivity contribution < 1.29 is 14.7 Å². The van der Waals surface area contributed by atoms with Gasteiger partial charge in [0, 0.05) is 32.1 Å². The molecule has 2 aliphatic heterocycles. The van der Waals surface area contributed by atoms with E-state index >= 15 is 0 Å². The van der Waals surface area contributed by atoms with E-state index in [4.69, 9.17) is 5.73 Å². The molecule has 1 saturated carbocycles. The second kappa shape index (κ2) is 7.84. The minimum absolute atomic E-state index is 0.0679. The number of nitrogens with two attached hydrogens (primary N) is 1. The van der Waals surface area contributed by atoms with Crippen LogP contribution in [0.3, 0.4) is 0 Å². The molecule has 1 aliphatic carbocycles. The van der Waals surface area contributed by atoms with Crippen LogP contribution in [0.15, 0.2) is 30.3 Å². The van der Waals surface area contributed by atoms with E-state index in [0.717, 1.165) is 25.8 Å². The number of carbonyl (C=O) groups excluding carboxylic acids is 2. The van der Waals surface area contributed by atoms with Crippen LogP contribution >= 0.6 is 0 Å². The van der Waals surface area contributed by atoms with Gasteiger partial charge < -0.3 is 15.7 Å². The average Bonchev–Trinajstić information content (AvgIpc) is 3.37. The van der Waals surface area contributed by atoms with Gasteiger partial charge in [-0.3, -0.25) is 14.5 Å². The maximum atomic E-state index is 13.6. The van der Waals surface area contributed by atoms with E-state index < -0.39 is 23.5 Å². The maximum Gasteiger partial charge on any atom is 0.238 e. The van der Waals surface area contributed by atoms with Gasteiger partial charge in [0.15, 0.2) is 0 Å². The van der Waals surface area contributed by atoms with Gasteiger partial charge in [-0.25, -0.2) is 0 Å². The molecule has 0 bridgehead atoms. The molecule has 6 nitrogen and oxygen atoms in total. The topological polar surface area (TPSA) is 86.9 Å². The Labute approximate surface area is 166 Å². The molecule has 4 rings (SSSR count). The van der Waals surface area contributed by atoms with Crippen LogP contribution in [0.1, 0.15) is 50.0 Å². The molecule has 0 aromatic heterocycles. The lowest BCUT2D eigenvalue weighted by molar-refractivity contribution is -0.152. The molecule has 6 heteroatoms. The number of rotatable bonds is 4. The highest BCUT2D eigenvalue weighted by molar-refractivity contribution is 5.93. The van der Waals surface area contributed by atoms with Gasteiger partial charge in [0.2, 0.25) is 11.8 Å². The first-order chi connectivity index (χ1) is 13.5. The standard InChI is InChI=1S/C22H31N3O3/c23-21(28)22(25-13-10-18(26)15-25)11-5-4-8-19(22)20(27)24-12-9-17(14-24)16-6-2-1-3-7-16/h1-3,6-7,17-19,26H,4-5,8-15H2,(H2,23,28)/t17-,18+,19?,22?/m0/s1. The second-order valence-electron chi connectivity index (χ2n) is 8.66. The number of aliphatic hydroxyl groups excluding tert-OH is 1. The first kappa shape index (κ1) is 19.4. The van der Waals surface area contributed by atoms with Gasteiger partial charge in [0.1, 0.15) is 5.54 Å². The van der Waals surface area contributed by atoms with Crippen LogP contribution in [-0.4, -0.2) is 64.5 Å². The number of aliphatic hydroxyl groups is 1. The second-order valence-corrected chi connectivity index (χ2v) is 8.66. The van der Waals surface area contributed by atoms with Gasteiger partial charge in [0.05, 0.1) is 12.0 Å². The van der Waals surface area contributed by atoms with E-state index in [1.54, 1.807) is 0 Å². The number of benzene rings is 1. The number of primary amides is 1. The van der Waals surface area contributed by atoms with Crippen molar-refractivity contribution in [3.05, 3.63) is 35.9 Å². The molecule has 28 heavy (non-hydrogen) atoms. The Morgan fingerprint density at radius 3 is 2.50 bits per heavy atom. The molecule has 2 heterocycles. The zero-order chi connectivity index (χ0) is 19.7. The molecular weight excluding hydrogens is 354 g/mol. The van der Waals surface area contributed by atoms with Gasteiger partial charge in [-0.05, 0) is 31.2 Å². The third kappa shape index (κ3) is 3.33. The Bertz CT molecular complexity index is 725. The van der Waals surface area contributed by atoms with Crippen LogP contribution in [0, 0.1) is 5.92 Å². The average molecular weight is 386 g/mol. The van der Waals surface area contributed by atoms with Gasteiger partial charge >= 0.3 is 0 Å². The Morgan fingerprint density at radius 2 is 1.82 bits per heavy atom. The van der Waals surface area contributed by atoms with Crippen molar-refractivity contribution in [2.45, 2.75) is 56.1 Å². The van der Waals surface area contributed by atoms with Crippen molar-refractivity contribution >= 4 is 11.8 Å². The minimum Gasteiger partial charge on any atom is -0.392 e. The highest BCUT2D eigenvalue weighted by atomic mass is 16.3. The van der Waals surface area contributed by atoms with Crippen molar-refractivity contribution in [2.24, 2.45) is 11.7 Å². The number of likely N-dealkylation sites (tertiary alicyclic amines) is 2. The highest BCUT2D eigenvalue weighted by Gasteiger charge is 2.55. The van der Waals surface area contributed by atoms with Gasteiger partial charge in [0.25, 0.3) is 0 Å². The van der Waals surface area contributed by atoms with E-state index in [-0.39, 0.29) is 5.91 Å². The first-order valence-corrected chi connectivity index (χ1v) is 10.6. The molecule has 2 saturated heterocycles. The lowest BCUT2D eigenvalue weighted by Gasteiger charge is -2.47. The molecule has 2 amide bonds. The van der Waals surface area contributed by atoms with Crippen LogP contribution < -0.4 is 5.73 Å². The van der Waals surface area contributed by atoms with Gasteiger partial charge in [-0.2, -0.15) is 0 Å². The summed E-state index contributed by atoms with van der Waals surface area (Å²) in [4.78, 5) is 30.2. The van der Waals surface area contributed by atoms with Crippen molar-refractivity contribution in [3.8, 4) is 0 Å². The number of nitrogens with zero attached hydrogens (tertiary/aromatic N) is 2. The zero-order valence-electron chi connectivity index (χ0n) is 16.4. The number of amides is 2. The smallest absolute Gasteiger partial charge is 0.238 e. The minimum atomic E-state index is -0.947. The fraction of sp³-hybridized carbons (Fsp3) is 0.636. The van der Waals surface area contributed by atoms with Crippen LogP contribution in [-0.2, 0) is 9.59 Å². The predicted molar refractivity (Wildman–Crippen MR) is 106 cm³/mol. The molecule has 0 radical (unpaired) electrons. The van der Waals surface area contributed by atoms with Gasteiger partial charge in [-0.1, -0.05) is 43.2 Å². The molecule has 152 valence electrons. The summed E-state index contributed by atoms with van der Waals surface area (Å²) in [6.45, 7) is 2.49. The fourth-order valence-corrected chi connectivity index (χ4v) is 5.60. The Balaban J connectivity index is 1.55. The van der Waals surface area contributed by atoms with E-state index in [2.05, 4.69) is 12.1 Å². The zero-order valence-corrected chi connectivity index (χ0v) is 16.4. The summed E-state index contributed by atoms with van der Waals surface area (Å²) in [5, 5.41) is 10.0. The van der Waals surface area contributed by atoms with Crippen molar-refractivity contribution in [2.75, 3.05) is 26.2 Å². The lowest BCUT2D eigenvalue weighted by Crippen LogP contribution is -2.65. The highest BCUT2D eigenvalue weighted by Crippen LogP contribution is 2.42. The summed E-state index contributed by atoms with van der Waals surface area (Å²) >= 11 is 0. The summed E-state index contributed by atoms with van der Waals surface area (Å²) in [6.07, 6.45) is 4.29. The molecule has 0 spiro atoms. The number of β-amino-alcohol motifs (C(OH)–C–C–N with tert-alkyl or cyclic N) is 1. The van der Waals surface area contributed by atoms with Crippen molar-refractivity contribution in [1.82, 2.24) is 9.80 Å². The van der Waals surface area contributed by atoms with Crippen LogP contribution in [0.25, 0.3) is 0 Å². The molecular formula is C22H31N3O3. The molecule has 2 unspecified atom stereocenters. The molecule has 3 N–H and O–H groups in total. The third-order valence-electron chi connectivity index (χ3n) is 7.10. The quantitative estimate of drug-likeness (QED) is 0.822. The molecule has 3 aliphatic rings. The summed E-state index contributed by atoms with van der Waals surface area (Å²) < 4.78 is 0. The van der Waals surface area contributed by atoms with E-state index in [9.17, 15) is 14.7 Å². The van der Waals surface area contributed by atoms with E-state index in [0.29, 0.717) is 44.8 Å².